The van der Waals surface area contributed by atoms with Crippen LogP contribution in [0, 0.1) is 5.92 Å². The van der Waals surface area contributed by atoms with E-state index in [1.165, 1.54) is 0 Å². The first-order valence-electron chi connectivity index (χ1n) is 6.06. The summed E-state index contributed by atoms with van der Waals surface area (Å²) in [5.41, 5.74) is 0.706. The highest BCUT2D eigenvalue weighted by Gasteiger charge is 2.27. The van der Waals surface area contributed by atoms with Gasteiger partial charge in [-0.1, -0.05) is 18.5 Å². The topological polar surface area (TPSA) is 52.6 Å². The van der Waals surface area contributed by atoms with Crippen LogP contribution in [-0.2, 0) is 0 Å². The Labute approximate surface area is 112 Å². The number of anilines is 1. The van der Waals surface area contributed by atoms with Gasteiger partial charge in [-0.15, -0.1) is 0 Å². The number of aliphatic hydroxyl groups excluding tert-OH is 1. The van der Waals surface area contributed by atoms with Crippen molar-refractivity contribution in [2.75, 3.05) is 18.4 Å². The molecule has 1 aliphatic rings. The fraction of sp³-hybridized carbons (Fsp3) is 0.462. The predicted molar refractivity (Wildman–Crippen MR) is 71.8 cm³/mol. The first kappa shape index (κ1) is 13.2. The molecule has 0 saturated carbocycles. The zero-order chi connectivity index (χ0) is 13.1. The van der Waals surface area contributed by atoms with Crippen molar-refractivity contribution in [3.8, 4) is 0 Å². The second-order valence-corrected chi connectivity index (χ2v) is 5.15. The molecule has 1 aromatic carbocycles. The van der Waals surface area contributed by atoms with Crippen LogP contribution in [0.3, 0.4) is 0 Å². The summed E-state index contributed by atoms with van der Waals surface area (Å²) in [7, 11) is 0. The second kappa shape index (κ2) is 5.59. The maximum Gasteiger partial charge on any atom is 0.321 e. The van der Waals surface area contributed by atoms with Crippen LogP contribution in [0.25, 0.3) is 0 Å². The fourth-order valence-electron chi connectivity index (χ4n) is 1.97. The molecule has 18 heavy (non-hydrogen) atoms. The van der Waals surface area contributed by atoms with E-state index in [1.54, 1.807) is 29.2 Å². The minimum atomic E-state index is -0.435. The molecular formula is C13H17ClN2O2. The zero-order valence-corrected chi connectivity index (χ0v) is 11.0. The van der Waals surface area contributed by atoms with Crippen LogP contribution in [0.15, 0.2) is 24.3 Å². The number of hydrogen-bond donors (Lipinski definition) is 2. The summed E-state index contributed by atoms with van der Waals surface area (Å²) in [5.74, 6) is 0.254. The molecule has 0 spiro atoms. The lowest BCUT2D eigenvalue weighted by molar-refractivity contribution is 0.0464. The van der Waals surface area contributed by atoms with E-state index in [9.17, 15) is 9.90 Å². The number of carbonyl (C=O) groups excluding carboxylic acids is 1. The Morgan fingerprint density at radius 3 is 2.72 bits per heavy atom. The molecule has 1 aliphatic heterocycles. The molecule has 1 aromatic rings. The van der Waals surface area contributed by atoms with Crippen LogP contribution in [0.4, 0.5) is 10.5 Å². The van der Waals surface area contributed by atoms with Gasteiger partial charge in [0.15, 0.2) is 0 Å². The summed E-state index contributed by atoms with van der Waals surface area (Å²) in [6.45, 7) is 3.07. The van der Waals surface area contributed by atoms with Crippen molar-refractivity contribution in [3.05, 3.63) is 29.3 Å². The smallest absolute Gasteiger partial charge is 0.321 e. The van der Waals surface area contributed by atoms with Gasteiger partial charge in [-0.05, 0) is 36.6 Å². The third-order valence-corrected chi connectivity index (χ3v) is 3.55. The number of urea groups is 1. The van der Waals surface area contributed by atoms with E-state index < -0.39 is 6.10 Å². The number of nitrogens with one attached hydrogen (secondary N) is 1. The van der Waals surface area contributed by atoms with Gasteiger partial charge in [0, 0.05) is 23.8 Å². The number of amides is 2. The third-order valence-electron chi connectivity index (χ3n) is 3.30. The number of carbonyl (C=O) groups is 1. The summed E-state index contributed by atoms with van der Waals surface area (Å²) >= 11 is 5.78. The Morgan fingerprint density at radius 2 is 2.11 bits per heavy atom. The number of β-amino-alcohol motifs (C(OH)–C–C–N with tert-alkyl or cyclic N) is 1. The van der Waals surface area contributed by atoms with E-state index in [2.05, 4.69) is 5.32 Å². The quantitative estimate of drug-likeness (QED) is 0.823. The maximum atomic E-state index is 12.0. The Balaban J connectivity index is 1.94. The number of likely N-dealkylation sites (tertiary alicyclic amines) is 1. The standard InChI is InChI=1S/C13H17ClN2O2/c1-9-6-7-16(8-12(9)17)13(18)15-11-4-2-10(14)3-5-11/h2-5,9,12,17H,6-8H2,1H3,(H,15,18). The molecule has 0 aliphatic carbocycles. The van der Waals surface area contributed by atoms with Crippen LogP contribution >= 0.6 is 11.6 Å². The lowest BCUT2D eigenvalue weighted by atomic mass is 9.96. The summed E-state index contributed by atoms with van der Waals surface area (Å²) in [6.07, 6.45) is 0.393. The normalized spacial score (nSPS) is 23.8. The average molecular weight is 269 g/mol. The summed E-state index contributed by atoms with van der Waals surface area (Å²) in [6, 6.07) is 6.78. The minimum Gasteiger partial charge on any atom is -0.391 e. The van der Waals surface area contributed by atoms with E-state index in [-0.39, 0.29) is 11.9 Å². The summed E-state index contributed by atoms with van der Waals surface area (Å²) in [4.78, 5) is 13.6. The lowest BCUT2D eigenvalue weighted by Crippen LogP contribution is -2.47. The Morgan fingerprint density at radius 1 is 1.44 bits per heavy atom. The highest BCUT2D eigenvalue weighted by molar-refractivity contribution is 6.30. The predicted octanol–water partition coefficient (Wildman–Crippen LogP) is 2.57. The molecule has 1 heterocycles. The Kier molecular flexibility index (Phi) is 4.09. The number of benzene rings is 1. The van der Waals surface area contributed by atoms with E-state index in [4.69, 9.17) is 11.6 Å². The minimum absolute atomic E-state index is 0.178. The molecule has 1 fully saturated rings. The highest BCUT2D eigenvalue weighted by atomic mass is 35.5. The maximum absolute atomic E-state index is 12.0. The fourth-order valence-corrected chi connectivity index (χ4v) is 2.10. The number of piperidine rings is 1. The SMILES string of the molecule is CC1CCN(C(=O)Nc2ccc(Cl)cc2)CC1O. The highest BCUT2D eigenvalue weighted by Crippen LogP contribution is 2.19. The second-order valence-electron chi connectivity index (χ2n) is 4.72. The van der Waals surface area contributed by atoms with Gasteiger partial charge in [0.2, 0.25) is 0 Å². The van der Waals surface area contributed by atoms with E-state index in [0.717, 1.165) is 6.42 Å². The van der Waals surface area contributed by atoms with Gasteiger partial charge in [0.1, 0.15) is 0 Å². The molecule has 1 saturated heterocycles. The number of halogens is 1. The van der Waals surface area contributed by atoms with Crippen molar-refractivity contribution in [1.29, 1.82) is 0 Å². The van der Waals surface area contributed by atoms with Crippen molar-refractivity contribution in [3.63, 3.8) is 0 Å². The van der Waals surface area contributed by atoms with Crippen LogP contribution in [0.1, 0.15) is 13.3 Å². The molecule has 0 radical (unpaired) electrons. The number of aliphatic hydroxyl groups is 1. The average Bonchev–Trinajstić information content (AvgIpc) is 2.35. The zero-order valence-electron chi connectivity index (χ0n) is 10.3. The van der Waals surface area contributed by atoms with Crippen molar-refractivity contribution >= 4 is 23.3 Å². The molecule has 4 nitrogen and oxygen atoms in total. The molecule has 2 amide bonds. The number of nitrogens with zero attached hydrogens (tertiary/aromatic N) is 1. The molecule has 5 heteroatoms. The van der Waals surface area contributed by atoms with Gasteiger partial charge >= 0.3 is 6.03 Å². The van der Waals surface area contributed by atoms with Gasteiger partial charge in [0.25, 0.3) is 0 Å². The largest absolute Gasteiger partial charge is 0.391 e. The van der Waals surface area contributed by atoms with E-state index in [0.29, 0.717) is 23.8 Å². The third kappa shape index (κ3) is 3.15. The molecule has 2 N–H and O–H groups in total. The first-order valence-corrected chi connectivity index (χ1v) is 6.43. The molecular weight excluding hydrogens is 252 g/mol. The lowest BCUT2D eigenvalue weighted by Gasteiger charge is -2.34. The van der Waals surface area contributed by atoms with Crippen LogP contribution in [-0.4, -0.2) is 35.2 Å². The Hall–Kier alpha value is -1.26. The van der Waals surface area contributed by atoms with Gasteiger partial charge in [-0.25, -0.2) is 4.79 Å². The van der Waals surface area contributed by atoms with Gasteiger partial charge < -0.3 is 15.3 Å². The van der Waals surface area contributed by atoms with Crippen molar-refractivity contribution in [2.45, 2.75) is 19.4 Å². The molecule has 98 valence electrons. The first-order chi connectivity index (χ1) is 8.56. The summed E-state index contributed by atoms with van der Waals surface area (Å²) < 4.78 is 0. The van der Waals surface area contributed by atoms with Crippen molar-refractivity contribution < 1.29 is 9.90 Å². The van der Waals surface area contributed by atoms with Crippen molar-refractivity contribution in [2.24, 2.45) is 5.92 Å². The summed E-state index contributed by atoms with van der Waals surface area (Å²) in [5, 5.41) is 13.2. The van der Waals surface area contributed by atoms with Crippen LogP contribution in [0.5, 0.6) is 0 Å². The molecule has 2 rings (SSSR count). The number of hydrogen-bond acceptors (Lipinski definition) is 2. The van der Waals surface area contributed by atoms with Crippen LogP contribution < -0.4 is 5.32 Å². The van der Waals surface area contributed by atoms with Gasteiger partial charge in [0.05, 0.1) is 6.10 Å². The molecule has 0 bridgehead atoms. The van der Waals surface area contributed by atoms with Gasteiger partial charge in [-0.2, -0.15) is 0 Å². The molecule has 2 atom stereocenters. The van der Waals surface area contributed by atoms with Gasteiger partial charge in [-0.3, -0.25) is 0 Å². The van der Waals surface area contributed by atoms with Crippen molar-refractivity contribution in [1.82, 2.24) is 4.90 Å². The molecule has 0 aromatic heterocycles. The monoisotopic (exact) mass is 268 g/mol. The Bertz CT molecular complexity index is 422. The van der Waals surface area contributed by atoms with Crippen LogP contribution in [0.2, 0.25) is 5.02 Å². The molecule has 2 unspecified atom stereocenters. The number of rotatable bonds is 1. The van der Waals surface area contributed by atoms with E-state index >= 15 is 0 Å². The van der Waals surface area contributed by atoms with E-state index in [1.807, 2.05) is 6.92 Å².